The summed E-state index contributed by atoms with van der Waals surface area (Å²) < 4.78 is 10.5. The second-order valence-electron chi connectivity index (χ2n) is 6.95. The fourth-order valence-corrected chi connectivity index (χ4v) is 2.18. The first-order valence-corrected chi connectivity index (χ1v) is 8.18. The Morgan fingerprint density at radius 2 is 1.77 bits per heavy atom. The first-order chi connectivity index (χ1) is 9.93. The molecule has 1 atom stereocenters. The van der Waals surface area contributed by atoms with Crippen molar-refractivity contribution in [1.82, 2.24) is 10.2 Å². The zero-order valence-corrected chi connectivity index (χ0v) is 15.5. The maximum Gasteiger partial charge on any atom is 0.417 e. The number of hydrogen-bond donors (Lipinski definition) is 1. The van der Waals surface area contributed by atoms with Crippen molar-refractivity contribution in [3.63, 3.8) is 0 Å². The normalized spacial score (nSPS) is 18.8. The molecular formula is C14H24BrN3O4. The van der Waals surface area contributed by atoms with Crippen LogP contribution in [0.5, 0.6) is 0 Å². The Kier molecular flexibility index (Phi) is 5.83. The minimum Gasteiger partial charge on any atom is -0.444 e. The van der Waals surface area contributed by atoms with E-state index in [1.54, 1.807) is 41.5 Å². The Labute approximate surface area is 139 Å². The maximum absolute atomic E-state index is 12.3. The maximum atomic E-state index is 12.3. The number of ether oxygens (including phenoxy) is 2. The van der Waals surface area contributed by atoms with Gasteiger partial charge in [0, 0.05) is 5.33 Å². The van der Waals surface area contributed by atoms with Crippen LogP contribution in [0.15, 0.2) is 4.99 Å². The second kappa shape index (κ2) is 6.85. The van der Waals surface area contributed by atoms with E-state index in [9.17, 15) is 9.59 Å². The molecule has 0 spiro atoms. The van der Waals surface area contributed by atoms with Gasteiger partial charge in [-0.3, -0.25) is 10.3 Å². The van der Waals surface area contributed by atoms with E-state index in [4.69, 9.17) is 9.47 Å². The van der Waals surface area contributed by atoms with E-state index >= 15 is 0 Å². The molecule has 22 heavy (non-hydrogen) atoms. The van der Waals surface area contributed by atoms with Gasteiger partial charge in [0.15, 0.2) is 0 Å². The highest BCUT2D eigenvalue weighted by molar-refractivity contribution is 9.09. The lowest BCUT2D eigenvalue weighted by Crippen LogP contribution is -2.51. The first kappa shape index (κ1) is 18.7. The summed E-state index contributed by atoms with van der Waals surface area (Å²) in [6.07, 6.45) is -1.21. The summed E-state index contributed by atoms with van der Waals surface area (Å²) in [5.74, 6) is 0.146. The Balaban J connectivity index is 2.80. The van der Waals surface area contributed by atoms with Crippen molar-refractivity contribution >= 4 is 34.1 Å². The molecule has 0 aliphatic carbocycles. The number of carbonyl (C=O) groups is 2. The van der Waals surface area contributed by atoms with Gasteiger partial charge in [-0.15, -0.1) is 0 Å². The van der Waals surface area contributed by atoms with Crippen molar-refractivity contribution in [2.45, 2.75) is 58.8 Å². The van der Waals surface area contributed by atoms with E-state index < -0.39 is 23.4 Å². The lowest BCUT2D eigenvalue weighted by Gasteiger charge is -2.28. The van der Waals surface area contributed by atoms with Crippen LogP contribution in [0.25, 0.3) is 0 Å². The molecule has 1 rings (SSSR count). The largest absolute Gasteiger partial charge is 0.444 e. The lowest BCUT2D eigenvalue weighted by molar-refractivity contribution is 0.0335. The summed E-state index contributed by atoms with van der Waals surface area (Å²) in [7, 11) is 0. The summed E-state index contributed by atoms with van der Waals surface area (Å²) in [6, 6.07) is -0.209. The predicted octanol–water partition coefficient (Wildman–Crippen LogP) is 2.88. The molecule has 1 aliphatic rings. The number of carbonyl (C=O) groups excluding carboxylic acids is 2. The van der Waals surface area contributed by atoms with Gasteiger partial charge in [0.1, 0.15) is 11.2 Å². The molecule has 0 aromatic rings. The van der Waals surface area contributed by atoms with E-state index in [1.165, 1.54) is 4.90 Å². The van der Waals surface area contributed by atoms with Gasteiger partial charge in [0.05, 0.1) is 12.6 Å². The van der Waals surface area contributed by atoms with Gasteiger partial charge in [0.2, 0.25) is 5.96 Å². The molecule has 0 radical (unpaired) electrons. The highest BCUT2D eigenvalue weighted by atomic mass is 79.9. The van der Waals surface area contributed by atoms with E-state index in [1.807, 2.05) is 0 Å². The predicted molar refractivity (Wildman–Crippen MR) is 87.3 cm³/mol. The highest BCUT2D eigenvalue weighted by Gasteiger charge is 2.36. The molecule has 0 aromatic heterocycles. The molecule has 1 aliphatic heterocycles. The van der Waals surface area contributed by atoms with E-state index in [0.717, 1.165) is 0 Å². The Hall–Kier alpha value is -1.31. The van der Waals surface area contributed by atoms with Crippen molar-refractivity contribution in [2.24, 2.45) is 4.99 Å². The van der Waals surface area contributed by atoms with Crippen LogP contribution in [0.1, 0.15) is 41.5 Å². The van der Waals surface area contributed by atoms with Crippen molar-refractivity contribution < 1.29 is 19.1 Å². The molecule has 8 heteroatoms. The summed E-state index contributed by atoms with van der Waals surface area (Å²) >= 11 is 3.34. The first-order valence-electron chi connectivity index (χ1n) is 7.05. The minimum atomic E-state index is -0.657. The fourth-order valence-electron chi connectivity index (χ4n) is 1.68. The molecule has 126 valence electrons. The van der Waals surface area contributed by atoms with Gasteiger partial charge in [0.25, 0.3) is 0 Å². The number of hydrogen-bond acceptors (Lipinski definition) is 5. The van der Waals surface area contributed by atoms with Gasteiger partial charge in [-0.1, -0.05) is 15.9 Å². The van der Waals surface area contributed by atoms with Crippen molar-refractivity contribution in [3.8, 4) is 0 Å². The van der Waals surface area contributed by atoms with Gasteiger partial charge in [-0.2, -0.15) is 0 Å². The quantitative estimate of drug-likeness (QED) is 0.712. The average molecular weight is 378 g/mol. The third-order valence-electron chi connectivity index (χ3n) is 2.43. The summed E-state index contributed by atoms with van der Waals surface area (Å²) in [5, 5.41) is 3.03. The zero-order chi connectivity index (χ0) is 17.1. The van der Waals surface area contributed by atoms with Crippen LogP contribution in [0, 0.1) is 0 Å². The highest BCUT2D eigenvalue weighted by Crippen LogP contribution is 2.18. The van der Waals surface area contributed by atoms with Gasteiger partial charge in [-0.05, 0) is 41.5 Å². The van der Waals surface area contributed by atoms with Gasteiger partial charge in [-0.25, -0.2) is 14.5 Å². The van der Waals surface area contributed by atoms with Crippen LogP contribution in [-0.4, -0.2) is 52.2 Å². The molecule has 1 N–H and O–H groups in total. The Bertz CT molecular complexity index is 466. The fraction of sp³-hybridized carbons (Fsp3) is 0.786. The van der Waals surface area contributed by atoms with E-state index in [2.05, 4.69) is 26.2 Å². The van der Waals surface area contributed by atoms with E-state index in [0.29, 0.717) is 11.9 Å². The third-order valence-corrected chi connectivity index (χ3v) is 3.17. The minimum absolute atomic E-state index is 0.146. The topological polar surface area (TPSA) is 80.2 Å². The average Bonchev–Trinajstić information content (AvgIpc) is 2.66. The molecule has 2 amide bonds. The van der Waals surface area contributed by atoms with Crippen LogP contribution >= 0.6 is 15.9 Å². The van der Waals surface area contributed by atoms with Crippen molar-refractivity contribution in [3.05, 3.63) is 0 Å². The van der Waals surface area contributed by atoms with Crippen LogP contribution in [0.2, 0.25) is 0 Å². The lowest BCUT2D eigenvalue weighted by atomic mass is 10.2. The monoisotopic (exact) mass is 377 g/mol. The number of alkyl carbamates (subject to hydrolysis) is 1. The van der Waals surface area contributed by atoms with Crippen LogP contribution in [0.3, 0.4) is 0 Å². The van der Waals surface area contributed by atoms with Gasteiger partial charge >= 0.3 is 12.2 Å². The van der Waals surface area contributed by atoms with Crippen molar-refractivity contribution in [2.75, 3.05) is 11.9 Å². The molecule has 0 saturated heterocycles. The molecule has 1 heterocycles. The molecule has 0 saturated carbocycles. The summed E-state index contributed by atoms with van der Waals surface area (Å²) in [5.41, 5.74) is -1.26. The number of guanidine groups is 1. The van der Waals surface area contributed by atoms with E-state index in [-0.39, 0.29) is 12.0 Å². The molecule has 7 nitrogen and oxygen atoms in total. The molecule has 0 fully saturated rings. The van der Waals surface area contributed by atoms with Crippen LogP contribution < -0.4 is 5.32 Å². The molecule has 1 unspecified atom stereocenters. The zero-order valence-electron chi connectivity index (χ0n) is 13.9. The smallest absolute Gasteiger partial charge is 0.417 e. The third kappa shape index (κ3) is 5.82. The second-order valence-corrected chi connectivity index (χ2v) is 7.60. The molecule has 0 bridgehead atoms. The van der Waals surface area contributed by atoms with Crippen LogP contribution in [0.4, 0.5) is 9.59 Å². The summed E-state index contributed by atoms with van der Waals surface area (Å²) in [4.78, 5) is 29.7. The number of amides is 2. The van der Waals surface area contributed by atoms with Crippen LogP contribution in [-0.2, 0) is 9.47 Å². The van der Waals surface area contributed by atoms with Crippen molar-refractivity contribution in [1.29, 1.82) is 0 Å². The number of nitrogens with zero attached hydrogens (tertiary/aromatic N) is 2. The number of aliphatic imine (C=N–C) groups is 1. The standard InChI is InChI=1S/C14H24BrN3O4/c1-13(2,3)21-11(19)17-10-16-8-9(7-15)18(10)12(20)22-14(4,5)6/h9H,7-8H2,1-6H3,(H,16,17,19). The van der Waals surface area contributed by atoms with Gasteiger partial charge < -0.3 is 9.47 Å². The Morgan fingerprint density at radius 3 is 2.23 bits per heavy atom. The SMILES string of the molecule is CC(C)(C)OC(=O)NC1=NCC(CBr)N1C(=O)OC(C)(C)C. The molecular weight excluding hydrogens is 354 g/mol. The number of halogens is 1. The number of alkyl halides is 1. The summed E-state index contributed by atoms with van der Waals surface area (Å²) in [6.45, 7) is 11.0. The number of rotatable bonds is 1. The Morgan fingerprint density at radius 1 is 1.23 bits per heavy atom. The number of nitrogens with one attached hydrogen (secondary N) is 1. The molecule has 0 aromatic carbocycles.